The summed E-state index contributed by atoms with van der Waals surface area (Å²) < 4.78 is 0. The number of thioether (sulfide) groups is 1. The van der Waals surface area contributed by atoms with Gasteiger partial charge in [0, 0.05) is 30.3 Å². The second kappa shape index (κ2) is 11.9. The molecule has 0 aromatic heterocycles. The molecule has 0 radical (unpaired) electrons. The number of hydrogen-bond acceptors (Lipinski definition) is 6. The van der Waals surface area contributed by atoms with Gasteiger partial charge in [-0.05, 0) is 43.4 Å². The number of amides is 2. The first kappa shape index (κ1) is 24.2. The van der Waals surface area contributed by atoms with Gasteiger partial charge in [0.1, 0.15) is 6.04 Å². The minimum atomic E-state index is -0.682. The van der Waals surface area contributed by atoms with Crippen molar-refractivity contribution in [3.63, 3.8) is 0 Å². The zero-order valence-electron chi connectivity index (χ0n) is 16.0. The van der Waals surface area contributed by atoms with E-state index in [1.807, 2.05) is 6.26 Å². The van der Waals surface area contributed by atoms with Gasteiger partial charge in [-0.3, -0.25) is 19.7 Å². The fourth-order valence-corrected chi connectivity index (χ4v) is 3.44. The molecule has 3 atom stereocenters. The van der Waals surface area contributed by atoms with Crippen LogP contribution in [-0.2, 0) is 4.79 Å². The van der Waals surface area contributed by atoms with Gasteiger partial charge in [-0.2, -0.15) is 11.8 Å². The van der Waals surface area contributed by atoms with E-state index in [1.165, 1.54) is 24.3 Å². The molecule has 2 amide bonds. The van der Waals surface area contributed by atoms with Crippen molar-refractivity contribution in [3.8, 4) is 0 Å². The topological polar surface area (TPSA) is 113 Å². The Bertz CT molecular complexity index is 691. The summed E-state index contributed by atoms with van der Waals surface area (Å²) in [7, 11) is 0. The molecular formula is C18H27ClN4O4S. The Morgan fingerprint density at radius 1 is 1.43 bits per heavy atom. The lowest BCUT2D eigenvalue weighted by atomic mass is 9.94. The van der Waals surface area contributed by atoms with Gasteiger partial charge in [0.25, 0.3) is 11.6 Å². The molecule has 10 heteroatoms. The first-order valence-electron chi connectivity index (χ1n) is 8.97. The summed E-state index contributed by atoms with van der Waals surface area (Å²) in [5, 5.41) is 19.9. The van der Waals surface area contributed by atoms with E-state index in [2.05, 4.69) is 22.9 Å². The highest BCUT2D eigenvalue weighted by Crippen LogP contribution is 2.14. The number of nitrogens with zero attached hydrogens (tertiary/aromatic N) is 1. The molecule has 1 fully saturated rings. The van der Waals surface area contributed by atoms with Gasteiger partial charge >= 0.3 is 0 Å². The van der Waals surface area contributed by atoms with Gasteiger partial charge < -0.3 is 16.0 Å². The first-order valence-corrected chi connectivity index (χ1v) is 10.4. The van der Waals surface area contributed by atoms with E-state index in [1.54, 1.807) is 11.8 Å². The molecule has 3 unspecified atom stereocenters. The van der Waals surface area contributed by atoms with Crippen LogP contribution in [0.1, 0.15) is 30.1 Å². The van der Waals surface area contributed by atoms with Gasteiger partial charge in [-0.1, -0.05) is 13.0 Å². The Labute approximate surface area is 175 Å². The third kappa shape index (κ3) is 6.96. The van der Waals surface area contributed by atoms with Crippen LogP contribution in [-0.4, -0.2) is 53.9 Å². The summed E-state index contributed by atoms with van der Waals surface area (Å²) in [5.41, 5.74) is 0.00808. The van der Waals surface area contributed by atoms with Crippen molar-refractivity contribution < 1.29 is 14.5 Å². The molecule has 1 aromatic carbocycles. The Kier molecular flexibility index (Phi) is 10.3. The Morgan fingerprint density at radius 2 is 2.18 bits per heavy atom. The van der Waals surface area contributed by atoms with Crippen LogP contribution in [0.3, 0.4) is 0 Å². The molecule has 1 aromatic rings. The van der Waals surface area contributed by atoms with E-state index >= 15 is 0 Å². The number of non-ortho nitro benzene ring substituents is 1. The van der Waals surface area contributed by atoms with Crippen LogP contribution < -0.4 is 16.0 Å². The van der Waals surface area contributed by atoms with Crippen LogP contribution in [0.25, 0.3) is 0 Å². The maximum absolute atomic E-state index is 12.7. The van der Waals surface area contributed by atoms with Crippen LogP contribution in [0, 0.1) is 16.0 Å². The summed E-state index contributed by atoms with van der Waals surface area (Å²) in [6, 6.07) is 4.84. The van der Waals surface area contributed by atoms with Gasteiger partial charge in [0.05, 0.1) is 4.92 Å². The normalized spacial score (nSPS) is 19.8. The van der Waals surface area contributed by atoms with Crippen LogP contribution in [0.5, 0.6) is 0 Å². The van der Waals surface area contributed by atoms with E-state index in [4.69, 9.17) is 0 Å². The number of carbonyl (C=O) groups excluding carboxylic acids is 2. The molecule has 0 bridgehead atoms. The minimum Gasteiger partial charge on any atom is -0.350 e. The Hall–Kier alpha value is -1.84. The number of nitro groups is 1. The van der Waals surface area contributed by atoms with Gasteiger partial charge in [0.2, 0.25) is 5.91 Å². The van der Waals surface area contributed by atoms with E-state index in [0.29, 0.717) is 24.6 Å². The lowest BCUT2D eigenvalue weighted by Gasteiger charge is -2.31. The number of halogens is 1. The fraction of sp³-hybridized carbons (Fsp3) is 0.556. The van der Waals surface area contributed by atoms with Gasteiger partial charge in [0.15, 0.2) is 0 Å². The molecule has 0 aliphatic carbocycles. The SMILES string of the molecule is CSCCC(NC(=O)c1cccc([N+](=O)[O-])c1)C(=O)NC1CNCCC1C.Cl. The molecule has 0 saturated carbocycles. The van der Waals surface area contributed by atoms with Crippen molar-refractivity contribution in [2.75, 3.05) is 25.1 Å². The molecule has 1 heterocycles. The lowest BCUT2D eigenvalue weighted by molar-refractivity contribution is -0.384. The molecule has 8 nitrogen and oxygen atoms in total. The van der Waals surface area contributed by atoms with Crippen molar-refractivity contribution in [1.82, 2.24) is 16.0 Å². The van der Waals surface area contributed by atoms with Crippen LogP contribution in [0.4, 0.5) is 5.69 Å². The zero-order valence-corrected chi connectivity index (χ0v) is 17.6. The number of nitrogens with one attached hydrogen (secondary N) is 3. The maximum Gasteiger partial charge on any atom is 0.270 e. The number of hydrogen-bond donors (Lipinski definition) is 3. The number of piperidine rings is 1. The summed E-state index contributed by atoms with van der Waals surface area (Å²) in [6.07, 6.45) is 3.41. The van der Waals surface area contributed by atoms with Gasteiger partial charge in [-0.25, -0.2) is 0 Å². The first-order chi connectivity index (χ1) is 12.9. The molecule has 28 heavy (non-hydrogen) atoms. The minimum absolute atomic E-state index is 0. The molecule has 156 valence electrons. The second-order valence-corrected chi connectivity index (χ2v) is 7.69. The highest BCUT2D eigenvalue weighted by Gasteiger charge is 2.27. The van der Waals surface area contributed by atoms with E-state index in [0.717, 1.165) is 13.0 Å². The summed E-state index contributed by atoms with van der Waals surface area (Å²) >= 11 is 1.59. The number of rotatable bonds is 8. The third-order valence-electron chi connectivity index (χ3n) is 4.71. The van der Waals surface area contributed by atoms with Crippen molar-refractivity contribution in [3.05, 3.63) is 39.9 Å². The van der Waals surface area contributed by atoms with Crippen molar-refractivity contribution in [2.24, 2.45) is 5.92 Å². The largest absolute Gasteiger partial charge is 0.350 e. The maximum atomic E-state index is 12.7. The Balaban J connectivity index is 0.00000392. The predicted molar refractivity (Wildman–Crippen MR) is 113 cm³/mol. The Morgan fingerprint density at radius 3 is 2.82 bits per heavy atom. The molecule has 1 saturated heterocycles. The van der Waals surface area contributed by atoms with E-state index in [9.17, 15) is 19.7 Å². The highest BCUT2D eigenvalue weighted by molar-refractivity contribution is 7.98. The zero-order chi connectivity index (χ0) is 19.8. The number of carbonyl (C=O) groups is 2. The number of benzene rings is 1. The van der Waals surface area contributed by atoms with E-state index < -0.39 is 16.9 Å². The van der Waals surface area contributed by atoms with Crippen molar-refractivity contribution in [2.45, 2.75) is 31.8 Å². The van der Waals surface area contributed by atoms with Crippen LogP contribution in [0.15, 0.2) is 24.3 Å². The average Bonchev–Trinajstić information content (AvgIpc) is 2.66. The highest BCUT2D eigenvalue weighted by atomic mass is 35.5. The van der Waals surface area contributed by atoms with E-state index in [-0.39, 0.29) is 35.6 Å². The molecule has 1 aliphatic heterocycles. The van der Waals surface area contributed by atoms with Gasteiger partial charge in [-0.15, -0.1) is 12.4 Å². The average molecular weight is 431 g/mol. The smallest absolute Gasteiger partial charge is 0.270 e. The molecular weight excluding hydrogens is 404 g/mol. The monoisotopic (exact) mass is 430 g/mol. The summed E-state index contributed by atoms with van der Waals surface area (Å²) in [5.74, 6) is 0.369. The third-order valence-corrected chi connectivity index (χ3v) is 5.35. The standard InChI is InChI=1S/C18H26N4O4S.ClH/c1-12-6-8-19-11-16(12)21-18(24)15(7-9-27-2)20-17(23)13-4-3-5-14(10-13)22(25)26;/h3-5,10,12,15-16,19H,6-9,11H2,1-2H3,(H,20,23)(H,21,24);1H. The molecule has 1 aliphatic rings. The predicted octanol–water partition coefficient (Wildman–Crippen LogP) is 1.98. The molecule has 3 N–H and O–H groups in total. The van der Waals surface area contributed by atoms with Crippen molar-refractivity contribution >= 4 is 41.7 Å². The van der Waals surface area contributed by atoms with Crippen LogP contribution in [0.2, 0.25) is 0 Å². The number of nitro benzene ring substituents is 1. The lowest BCUT2D eigenvalue weighted by Crippen LogP contribution is -2.55. The van der Waals surface area contributed by atoms with Crippen molar-refractivity contribution in [1.29, 1.82) is 0 Å². The summed E-state index contributed by atoms with van der Waals surface area (Å²) in [4.78, 5) is 35.6. The second-order valence-electron chi connectivity index (χ2n) is 6.70. The molecule has 2 rings (SSSR count). The van der Waals surface area contributed by atoms with Crippen LogP contribution >= 0.6 is 24.2 Å². The summed E-state index contributed by atoms with van der Waals surface area (Å²) in [6.45, 7) is 3.75. The molecule has 0 spiro atoms. The quantitative estimate of drug-likeness (QED) is 0.429. The fourth-order valence-electron chi connectivity index (χ4n) is 2.97.